The van der Waals surface area contributed by atoms with Crippen LogP contribution >= 0.6 is 24.0 Å². The van der Waals surface area contributed by atoms with E-state index in [1.807, 2.05) is 26.2 Å². The molecule has 1 atom stereocenters. The van der Waals surface area contributed by atoms with Crippen LogP contribution in [-0.4, -0.2) is 38.5 Å². The minimum atomic E-state index is 0. The topological polar surface area (TPSA) is 52.8 Å². The van der Waals surface area contributed by atoms with Crippen LogP contribution in [0.15, 0.2) is 52.1 Å². The lowest BCUT2D eigenvalue weighted by Crippen LogP contribution is -2.41. The van der Waals surface area contributed by atoms with Crippen molar-refractivity contribution in [2.75, 3.05) is 27.7 Å². The number of rotatable bonds is 7. The summed E-state index contributed by atoms with van der Waals surface area (Å²) < 4.78 is 5.54. The third kappa shape index (κ3) is 6.36. The normalized spacial score (nSPS) is 12.6. The lowest BCUT2D eigenvalue weighted by molar-refractivity contribution is 0.258. The molecule has 6 heteroatoms. The van der Waals surface area contributed by atoms with Gasteiger partial charge in [-0.1, -0.05) is 31.2 Å². The summed E-state index contributed by atoms with van der Waals surface area (Å²) in [7, 11) is 5.88. The van der Waals surface area contributed by atoms with Crippen LogP contribution < -0.4 is 10.6 Å². The quantitative estimate of drug-likeness (QED) is 0.381. The minimum absolute atomic E-state index is 0. The molecule has 0 bridgehead atoms. The predicted octanol–water partition coefficient (Wildman–Crippen LogP) is 3.43. The molecule has 1 aromatic heterocycles. The zero-order chi connectivity index (χ0) is 17.4. The van der Waals surface area contributed by atoms with E-state index in [1.54, 1.807) is 13.3 Å². The van der Waals surface area contributed by atoms with Gasteiger partial charge in [-0.05, 0) is 43.8 Å². The molecule has 2 N–H and O–H groups in total. The molecule has 25 heavy (non-hydrogen) atoms. The van der Waals surface area contributed by atoms with Crippen molar-refractivity contribution >= 4 is 29.9 Å². The Hall–Kier alpha value is -1.54. The number of guanidine groups is 1. The molecule has 0 aliphatic rings. The van der Waals surface area contributed by atoms with Crippen molar-refractivity contribution in [1.29, 1.82) is 0 Å². The third-order valence-corrected chi connectivity index (χ3v) is 4.13. The molecule has 0 saturated heterocycles. The number of hydrogen-bond acceptors (Lipinski definition) is 3. The molecule has 0 aliphatic carbocycles. The van der Waals surface area contributed by atoms with E-state index in [0.717, 1.165) is 31.2 Å². The highest BCUT2D eigenvalue weighted by Crippen LogP contribution is 2.17. The van der Waals surface area contributed by atoms with E-state index in [2.05, 4.69) is 51.7 Å². The summed E-state index contributed by atoms with van der Waals surface area (Å²) in [6, 6.07) is 12.6. The SMILES string of the molecule is CCc1ccccc1CNC(=NC)NCC(c1ccco1)N(C)C.I. The van der Waals surface area contributed by atoms with Gasteiger partial charge in [-0.3, -0.25) is 9.89 Å². The Morgan fingerprint density at radius 3 is 2.40 bits per heavy atom. The van der Waals surface area contributed by atoms with Crippen molar-refractivity contribution in [3.8, 4) is 0 Å². The largest absolute Gasteiger partial charge is 0.468 e. The van der Waals surface area contributed by atoms with Crippen molar-refractivity contribution in [3.63, 3.8) is 0 Å². The van der Waals surface area contributed by atoms with Crippen LogP contribution in [0.4, 0.5) is 0 Å². The summed E-state index contributed by atoms with van der Waals surface area (Å²) in [4.78, 5) is 6.45. The Labute approximate surface area is 167 Å². The van der Waals surface area contributed by atoms with Crippen LogP contribution in [0.3, 0.4) is 0 Å². The van der Waals surface area contributed by atoms with Crippen molar-refractivity contribution in [2.24, 2.45) is 4.99 Å². The fourth-order valence-corrected chi connectivity index (χ4v) is 2.69. The van der Waals surface area contributed by atoms with Crippen LogP contribution in [-0.2, 0) is 13.0 Å². The fraction of sp³-hybridized carbons (Fsp3) is 0.421. The molecule has 0 fully saturated rings. The highest BCUT2D eigenvalue weighted by molar-refractivity contribution is 14.0. The highest BCUT2D eigenvalue weighted by atomic mass is 127. The maximum absolute atomic E-state index is 5.54. The van der Waals surface area contributed by atoms with Gasteiger partial charge in [-0.2, -0.15) is 0 Å². The molecule has 0 saturated carbocycles. The number of hydrogen-bond donors (Lipinski definition) is 2. The van der Waals surface area contributed by atoms with Gasteiger partial charge >= 0.3 is 0 Å². The molecule has 0 radical (unpaired) electrons. The van der Waals surface area contributed by atoms with Gasteiger partial charge in [0.05, 0.1) is 12.3 Å². The van der Waals surface area contributed by atoms with E-state index >= 15 is 0 Å². The highest BCUT2D eigenvalue weighted by Gasteiger charge is 2.17. The molecule has 1 aromatic carbocycles. The first-order valence-electron chi connectivity index (χ1n) is 8.36. The second-order valence-corrected chi connectivity index (χ2v) is 5.92. The van der Waals surface area contributed by atoms with E-state index < -0.39 is 0 Å². The average Bonchev–Trinajstić information content (AvgIpc) is 3.12. The van der Waals surface area contributed by atoms with Crippen LogP contribution in [0.1, 0.15) is 29.9 Å². The summed E-state index contributed by atoms with van der Waals surface area (Å²) in [6.45, 7) is 3.66. The van der Waals surface area contributed by atoms with Gasteiger partial charge in [0.1, 0.15) is 5.76 Å². The molecule has 0 spiro atoms. The minimum Gasteiger partial charge on any atom is -0.468 e. The molecule has 2 aromatic rings. The summed E-state index contributed by atoms with van der Waals surface area (Å²) in [6.07, 6.45) is 2.74. The van der Waals surface area contributed by atoms with Gasteiger partial charge in [-0.15, -0.1) is 24.0 Å². The first-order chi connectivity index (χ1) is 11.7. The molecule has 5 nitrogen and oxygen atoms in total. The zero-order valence-corrected chi connectivity index (χ0v) is 17.8. The first-order valence-corrected chi connectivity index (χ1v) is 8.36. The third-order valence-electron chi connectivity index (χ3n) is 4.13. The Kier molecular flexibility index (Phi) is 9.59. The van der Waals surface area contributed by atoms with E-state index in [4.69, 9.17) is 4.42 Å². The van der Waals surface area contributed by atoms with Crippen LogP contribution in [0.5, 0.6) is 0 Å². The molecule has 0 aliphatic heterocycles. The number of aliphatic imine (C=N–C) groups is 1. The maximum Gasteiger partial charge on any atom is 0.191 e. The van der Waals surface area contributed by atoms with E-state index in [1.165, 1.54) is 11.1 Å². The Morgan fingerprint density at radius 2 is 1.84 bits per heavy atom. The number of halogens is 1. The number of nitrogens with one attached hydrogen (secondary N) is 2. The molecule has 1 heterocycles. The van der Waals surface area contributed by atoms with Crippen molar-refractivity contribution in [3.05, 3.63) is 59.5 Å². The van der Waals surface area contributed by atoms with Crippen LogP contribution in [0.25, 0.3) is 0 Å². The molecular formula is C19H29IN4O. The Balaban J connectivity index is 0.00000312. The van der Waals surface area contributed by atoms with Gasteiger partial charge < -0.3 is 15.1 Å². The van der Waals surface area contributed by atoms with E-state index in [-0.39, 0.29) is 30.0 Å². The number of aryl methyl sites for hydroxylation is 1. The van der Waals surface area contributed by atoms with Crippen molar-refractivity contribution in [2.45, 2.75) is 25.9 Å². The van der Waals surface area contributed by atoms with Crippen molar-refractivity contribution < 1.29 is 4.42 Å². The number of nitrogens with zero attached hydrogens (tertiary/aromatic N) is 2. The molecule has 1 unspecified atom stereocenters. The number of furan rings is 1. The summed E-state index contributed by atoms with van der Waals surface area (Å²) >= 11 is 0. The van der Waals surface area contributed by atoms with Crippen molar-refractivity contribution in [1.82, 2.24) is 15.5 Å². The first kappa shape index (κ1) is 21.5. The predicted molar refractivity (Wildman–Crippen MR) is 115 cm³/mol. The Bertz CT molecular complexity index is 641. The van der Waals surface area contributed by atoms with Crippen LogP contribution in [0.2, 0.25) is 0 Å². The van der Waals surface area contributed by atoms with E-state index in [0.29, 0.717) is 0 Å². The lowest BCUT2D eigenvalue weighted by Gasteiger charge is -2.23. The molecule has 0 amide bonds. The average molecular weight is 456 g/mol. The zero-order valence-electron chi connectivity index (χ0n) is 15.5. The number of likely N-dealkylation sites (N-methyl/N-ethyl adjacent to an activating group) is 1. The summed E-state index contributed by atoms with van der Waals surface area (Å²) in [5.41, 5.74) is 2.67. The van der Waals surface area contributed by atoms with E-state index in [9.17, 15) is 0 Å². The lowest BCUT2D eigenvalue weighted by atomic mass is 10.1. The van der Waals surface area contributed by atoms with Gasteiger partial charge in [0.25, 0.3) is 0 Å². The second-order valence-electron chi connectivity index (χ2n) is 5.92. The molecule has 2 rings (SSSR count). The molecule has 138 valence electrons. The summed E-state index contributed by atoms with van der Waals surface area (Å²) in [5, 5.41) is 6.77. The van der Waals surface area contributed by atoms with Crippen LogP contribution in [0, 0.1) is 0 Å². The maximum atomic E-state index is 5.54. The smallest absolute Gasteiger partial charge is 0.191 e. The fourth-order valence-electron chi connectivity index (χ4n) is 2.69. The number of benzene rings is 1. The summed E-state index contributed by atoms with van der Waals surface area (Å²) in [5.74, 6) is 1.73. The molecular weight excluding hydrogens is 427 g/mol. The van der Waals surface area contributed by atoms with Gasteiger partial charge in [0.15, 0.2) is 5.96 Å². The second kappa shape index (κ2) is 11.1. The van der Waals surface area contributed by atoms with Gasteiger partial charge in [-0.25, -0.2) is 0 Å². The Morgan fingerprint density at radius 1 is 1.12 bits per heavy atom. The standard InChI is InChI=1S/C19H28N4O.HI/c1-5-15-9-6-7-10-16(15)13-21-19(20-2)22-14-17(23(3)4)18-11-8-12-24-18;/h6-12,17H,5,13-14H2,1-4H3,(H2,20,21,22);1H. The van der Waals surface area contributed by atoms with Gasteiger partial charge in [0.2, 0.25) is 0 Å². The van der Waals surface area contributed by atoms with Gasteiger partial charge in [0, 0.05) is 20.1 Å². The monoisotopic (exact) mass is 456 g/mol.